The fourth-order valence-electron chi connectivity index (χ4n) is 1.86. The summed E-state index contributed by atoms with van der Waals surface area (Å²) in [5.41, 5.74) is 0.192. The largest absolute Gasteiger partial charge is 0.497 e. The van der Waals surface area contributed by atoms with Gasteiger partial charge < -0.3 is 9.84 Å². The summed E-state index contributed by atoms with van der Waals surface area (Å²) in [5.74, 6) is 1.29. The molecule has 1 atom stereocenters. The van der Waals surface area contributed by atoms with E-state index in [-0.39, 0.29) is 0 Å². The third kappa shape index (κ3) is 3.24. The lowest BCUT2D eigenvalue weighted by Gasteiger charge is -2.26. The third-order valence-corrected chi connectivity index (χ3v) is 2.52. The van der Waals surface area contributed by atoms with Crippen molar-refractivity contribution in [3.05, 3.63) is 29.8 Å². The molecule has 0 heterocycles. The Morgan fingerprint density at radius 3 is 2.20 bits per heavy atom. The number of methoxy groups -OCH3 is 1. The molecular weight excluding hydrogens is 188 g/mol. The number of rotatable bonds is 4. The second-order valence-corrected chi connectivity index (χ2v) is 4.60. The van der Waals surface area contributed by atoms with Gasteiger partial charge in [0.15, 0.2) is 0 Å². The lowest BCUT2D eigenvalue weighted by molar-refractivity contribution is 0.0348. The summed E-state index contributed by atoms with van der Waals surface area (Å²) in [6.45, 7) is 6.07. The molecule has 0 radical (unpaired) electrons. The second-order valence-electron chi connectivity index (χ2n) is 4.60. The smallest absolute Gasteiger partial charge is 0.118 e. The topological polar surface area (TPSA) is 29.5 Å². The lowest BCUT2D eigenvalue weighted by Crippen LogP contribution is -2.23. The maximum absolute atomic E-state index is 10.3. The Morgan fingerprint density at radius 2 is 1.80 bits per heavy atom. The summed E-state index contributed by atoms with van der Waals surface area (Å²) in [6, 6.07) is 7.59. The Kier molecular flexibility index (Phi) is 3.75. The second kappa shape index (κ2) is 4.67. The van der Waals surface area contributed by atoms with Crippen LogP contribution in [-0.4, -0.2) is 12.2 Å². The Bertz CT molecular complexity index is 299. The molecule has 0 fully saturated rings. The van der Waals surface area contributed by atoms with E-state index in [2.05, 4.69) is 13.8 Å². The predicted molar refractivity (Wildman–Crippen MR) is 62.0 cm³/mol. The molecule has 2 nitrogen and oxygen atoms in total. The van der Waals surface area contributed by atoms with Crippen LogP contribution >= 0.6 is 0 Å². The van der Waals surface area contributed by atoms with Gasteiger partial charge in [0.1, 0.15) is 5.75 Å². The zero-order chi connectivity index (χ0) is 11.5. The van der Waals surface area contributed by atoms with Crippen LogP contribution in [0.15, 0.2) is 24.3 Å². The number of ether oxygens (including phenoxy) is 1. The average molecular weight is 208 g/mol. The monoisotopic (exact) mass is 208 g/mol. The molecule has 0 saturated carbocycles. The van der Waals surface area contributed by atoms with Crippen molar-refractivity contribution in [2.24, 2.45) is 5.92 Å². The van der Waals surface area contributed by atoms with E-state index < -0.39 is 5.60 Å². The molecule has 1 aromatic rings. The SMILES string of the molecule is COc1ccc(C(C)(O)CC(C)C)cc1. The first kappa shape index (κ1) is 12.1. The van der Waals surface area contributed by atoms with Gasteiger partial charge in [0, 0.05) is 0 Å². The van der Waals surface area contributed by atoms with Crippen LogP contribution in [0.3, 0.4) is 0 Å². The number of aliphatic hydroxyl groups is 1. The van der Waals surface area contributed by atoms with Crippen LogP contribution in [0, 0.1) is 5.92 Å². The Labute approximate surface area is 91.9 Å². The minimum Gasteiger partial charge on any atom is -0.497 e. The molecule has 0 bridgehead atoms. The zero-order valence-electron chi connectivity index (χ0n) is 9.95. The molecule has 2 heteroatoms. The Hall–Kier alpha value is -1.02. The van der Waals surface area contributed by atoms with Gasteiger partial charge in [-0.3, -0.25) is 0 Å². The molecule has 1 unspecified atom stereocenters. The van der Waals surface area contributed by atoms with Crippen molar-refractivity contribution in [3.8, 4) is 5.75 Å². The van der Waals surface area contributed by atoms with E-state index in [4.69, 9.17) is 4.74 Å². The van der Waals surface area contributed by atoms with Crippen LogP contribution in [0.1, 0.15) is 32.8 Å². The van der Waals surface area contributed by atoms with Gasteiger partial charge in [-0.1, -0.05) is 26.0 Å². The van der Waals surface area contributed by atoms with Crippen LogP contribution < -0.4 is 4.74 Å². The van der Waals surface area contributed by atoms with Crippen molar-refractivity contribution in [3.63, 3.8) is 0 Å². The highest BCUT2D eigenvalue weighted by Crippen LogP contribution is 2.29. The average Bonchev–Trinajstić information content (AvgIpc) is 2.16. The number of hydrogen-bond donors (Lipinski definition) is 1. The molecule has 84 valence electrons. The van der Waals surface area contributed by atoms with Crippen molar-refractivity contribution in [1.82, 2.24) is 0 Å². The first-order valence-electron chi connectivity index (χ1n) is 5.32. The summed E-state index contributed by atoms with van der Waals surface area (Å²) in [6.07, 6.45) is 0.763. The van der Waals surface area contributed by atoms with Gasteiger partial charge in [0.05, 0.1) is 12.7 Å². The van der Waals surface area contributed by atoms with E-state index in [1.54, 1.807) is 7.11 Å². The van der Waals surface area contributed by atoms with E-state index in [1.807, 2.05) is 31.2 Å². The summed E-state index contributed by atoms with van der Waals surface area (Å²) in [7, 11) is 1.64. The van der Waals surface area contributed by atoms with Crippen LogP contribution in [0.4, 0.5) is 0 Å². The van der Waals surface area contributed by atoms with Crippen LogP contribution in [-0.2, 0) is 5.60 Å². The third-order valence-electron chi connectivity index (χ3n) is 2.52. The van der Waals surface area contributed by atoms with Crippen LogP contribution in [0.25, 0.3) is 0 Å². The Balaban J connectivity index is 2.85. The van der Waals surface area contributed by atoms with E-state index in [0.29, 0.717) is 5.92 Å². The van der Waals surface area contributed by atoms with Gasteiger partial charge in [0.25, 0.3) is 0 Å². The summed E-state index contributed by atoms with van der Waals surface area (Å²) in [5, 5.41) is 10.3. The van der Waals surface area contributed by atoms with Gasteiger partial charge in [0.2, 0.25) is 0 Å². The van der Waals surface area contributed by atoms with Gasteiger partial charge in [-0.2, -0.15) is 0 Å². The van der Waals surface area contributed by atoms with Crippen molar-refractivity contribution in [2.75, 3.05) is 7.11 Å². The summed E-state index contributed by atoms with van der Waals surface area (Å²) in [4.78, 5) is 0. The fraction of sp³-hybridized carbons (Fsp3) is 0.538. The van der Waals surface area contributed by atoms with Crippen LogP contribution in [0.5, 0.6) is 5.75 Å². The molecule has 1 aromatic carbocycles. The number of hydrogen-bond acceptors (Lipinski definition) is 2. The van der Waals surface area contributed by atoms with Gasteiger partial charge in [-0.25, -0.2) is 0 Å². The highest BCUT2D eigenvalue weighted by molar-refractivity contribution is 5.30. The molecule has 0 saturated heterocycles. The Morgan fingerprint density at radius 1 is 1.27 bits per heavy atom. The molecule has 0 aliphatic rings. The van der Waals surface area contributed by atoms with Crippen molar-refractivity contribution in [2.45, 2.75) is 32.8 Å². The predicted octanol–water partition coefficient (Wildman–Crippen LogP) is 2.95. The van der Waals surface area contributed by atoms with Crippen molar-refractivity contribution < 1.29 is 9.84 Å². The minimum absolute atomic E-state index is 0.474. The van der Waals surface area contributed by atoms with Crippen molar-refractivity contribution >= 4 is 0 Å². The van der Waals surface area contributed by atoms with Gasteiger partial charge >= 0.3 is 0 Å². The molecule has 0 aromatic heterocycles. The molecule has 0 aliphatic carbocycles. The fourth-order valence-corrected chi connectivity index (χ4v) is 1.86. The molecule has 1 rings (SSSR count). The van der Waals surface area contributed by atoms with Crippen molar-refractivity contribution in [1.29, 1.82) is 0 Å². The zero-order valence-corrected chi connectivity index (χ0v) is 9.95. The molecule has 0 spiro atoms. The quantitative estimate of drug-likeness (QED) is 0.824. The highest BCUT2D eigenvalue weighted by atomic mass is 16.5. The minimum atomic E-state index is -0.750. The van der Waals surface area contributed by atoms with E-state index in [0.717, 1.165) is 17.7 Å². The van der Waals surface area contributed by atoms with E-state index >= 15 is 0 Å². The maximum atomic E-state index is 10.3. The highest BCUT2D eigenvalue weighted by Gasteiger charge is 2.23. The van der Waals surface area contributed by atoms with Gasteiger partial charge in [-0.15, -0.1) is 0 Å². The molecule has 0 amide bonds. The molecule has 0 aliphatic heterocycles. The number of benzene rings is 1. The lowest BCUT2D eigenvalue weighted by atomic mass is 9.87. The molecular formula is C13H20O2. The maximum Gasteiger partial charge on any atom is 0.118 e. The van der Waals surface area contributed by atoms with Gasteiger partial charge in [-0.05, 0) is 37.0 Å². The first-order chi connectivity index (χ1) is 6.95. The van der Waals surface area contributed by atoms with E-state index in [1.165, 1.54) is 0 Å². The standard InChI is InChI=1S/C13H20O2/c1-10(2)9-13(3,14)11-5-7-12(15-4)8-6-11/h5-8,10,14H,9H2,1-4H3. The molecule has 1 N–H and O–H groups in total. The van der Waals surface area contributed by atoms with E-state index in [9.17, 15) is 5.11 Å². The summed E-state index contributed by atoms with van der Waals surface area (Å²) >= 11 is 0. The van der Waals surface area contributed by atoms with Crippen LogP contribution in [0.2, 0.25) is 0 Å². The molecule has 15 heavy (non-hydrogen) atoms. The first-order valence-corrected chi connectivity index (χ1v) is 5.32. The normalized spacial score (nSPS) is 15.1. The summed E-state index contributed by atoms with van der Waals surface area (Å²) < 4.78 is 5.08.